The molecule has 1 aliphatic carbocycles. The number of nitrogens with zero attached hydrogens (tertiary/aromatic N) is 1. The second-order valence-electron chi connectivity index (χ2n) is 5.49. The molecule has 1 saturated carbocycles. The number of aromatic nitrogens is 1. The molecule has 1 fully saturated rings. The molecule has 0 amide bonds. The summed E-state index contributed by atoms with van der Waals surface area (Å²) in [5.74, 6) is 1.03. The van der Waals surface area contributed by atoms with Crippen LogP contribution in [0.1, 0.15) is 43.0 Å². The zero-order chi connectivity index (χ0) is 13.8. The van der Waals surface area contributed by atoms with E-state index in [0.29, 0.717) is 17.4 Å². The Labute approximate surface area is 113 Å². The van der Waals surface area contributed by atoms with Crippen LogP contribution < -0.4 is 11.1 Å². The van der Waals surface area contributed by atoms with Gasteiger partial charge in [-0.05, 0) is 30.7 Å². The Morgan fingerprint density at radius 3 is 3.00 bits per heavy atom. The number of carbonyl (C=O) groups is 1. The lowest BCUT2D eigenvalue weighted by Crippen LogP contribution is -2.21. The zero-order valence-electron chi connectivity index (χ0n) is 11.2. The SMILES string of the molecule is CC1CCCC(CNc2ncc(C(=O)O)cc2N)C1. The Balaban J connectivity index is 1.94. The number of anilines is 2. The highest BCUT2D eigenvalue weighted by molar-refractivity contribution is 5.89. The van der Waals surface area contributed by atoms with Crippen molar-refractivity contribution in [3.63, 3.8) is 0 Å². The van der Waals surface area contributed by atoms with E-state index in [0.717, 1.165) is 12.5 Å². The van der Waals surface area contributed by atoms with Gasteiger partial charge in [0.05, 0.1) is 11.3 Å². The molecule has 2 atom stereocenters. The van der Waals surface area contributed by atoms with E-state index in [4.69, 9.17) is 10.8 Å². The van der Waals surface area contributed by atoms with Crippen LogP contribution in [-0.4, -0.2) is 22.6 Å². The molecule has 1 aromatic rings. The van der Waals surface area contributed by atoms with Crippen LogP contribution in [0.25, 0.3) is 0 Å². The van der Waals surface area contributed by atoms with Crippen LogP contribution in [0, 0.1) is 11.8 Å². The zero-order valence-corrected chi connectivity index (χ0v) is 11.2. The lowest BCUT2D eigenvalue weighted by Gasteiger charge is -2.27. The van der Waals surface area contributed by atoms with E-state index in [9.17, 15) is 4.79 Å². The predicted molar refractivity (Wildman–Crippen MR) is 75.2 cm³/mol. The fourth-order valence-corrected chi connectivity index (χ4v) is 2.73. The van der Waals surface area contributed by atoms with Gasteiger partial charge in [0.2, 0.25) is 0 Å². The van der Waals surface area contributed by atoms with Gasteiger partial charge in [-0.25, -0.2) is 9.78 Å². The van der Waals surface area contributed by atoms with Gasteiger partial charge >= 0.3 is 5.97 Å². The van der Waals surface area contributed by atoms with Gasteiger partial charge in [-0.1, -0.05) is 19.8 Å². The van der Waals surface area contributed by atoms with Crippen molar-refractivity contribution in [2.75, 3.05) is 17.6 Å². The van der Waals surface area contributed by atoms with Crippen LogP contribution in [0.4, 0.5) is 11.5 Å². The summed E-state index contributed by atoms with van der Waals surface area (Å²) in [7, 11) is 0. The van der Waals surface area contributed by atoms with Crippen LogP contribution in [0.3, 0.4) is 0 Å². The second-order valence-corrected chi connectivity index (χ2v) is 5.49. The van der Waals surface area contributed by atoms with Gasteiger partial charge in [0.1, 0.15) is 5.82 Å². The summed E-state index contributed by atoms with van der Waals surface area (Å²) in [4.78, 5) is 14.9. The van der Waals surface area contributed by atoms with Gasteiger partial charge in [0.25, 0.3) is 0 Å². The third kappa shape index (κ3) is 3.59. The largest absolute Gasteiger partial charge is 0.478 e. The second kappa shape index (κ2) is 5.91. The van der Waals surface area contributed by atoms with E-state index in [2.05, 4.69) is 17.2 Å². The Morgan fingerprint density at radius 2 is 2.37 bits per heavy atom. The molecule has 104 valence electrons. The molecule has 0 aromatic carbocycles. The number of hydrogen-bond donors (Lipinski definition) is 3. The monoisotopic (exact) mass is 263 g/mol. The first-order valence-corrected chi connectivity index (χ1v) is 6.79. The third-order valence-electron chi connectivity index (χ3n) is 3.77. The number of carboxylic acid groups (broad SMARTS) is 1. The standard InChI is InChI=1S/C14H21N3O2/c1-9-3-2-4-10(5-9)7-16-13-12(15)6-11(8-17-13)14(18)19/h6,8-10H,2-5,7,15H2,1H3,(H,16,17)(H,18,19). The molecule has 0 radical (unpaired) electrons. The number of nitrogens with two attached hydrogens (primary N) is 1. The first-order chi connectivity index (χ1) is 9.06. The first kappa shape index (κ1) is 13.6. The molecular formula is C14H21N3O2. The number of nitrogens with one attached hydrogen (secondary N) is 1. The molecule has 1 aliphatic rings. The maximum atomic E-state index is 10.8. The van der Waals surface area contributed by atoms with Crippen molar-refractivity contribution in [1.82, 2.24) is 4.98 Å². The lowest BCUT2D eigenvalue weighted by molar-refractivity contribution is 0.0696. The van der Waals surface area contributed by atoms with Crippen LogP contribution in [0.5, 0.6) is 0 Å². The lowest BCUT2D eigenvalue weighted by atomic mass is 9.82. The average molecular weight is 263 g/mol. The molecule has 0 bridgehead atoms. The van der Waals surface area contributed by atoms with Gasteiger partial charge < -0.3 is 16.2 Å². The fraction of sp³-hybridized carbons (Fsp3) is 0.571. The van der Waals surface area contributed by atoms with Gasteiger partial charge in [0, 0.05) is 12.7 Å². The normalized spacial score (nSPS) is 23.0. The highest BCUT2D eigenvalue weighted by Crippen LogP contribution is 2.29. The van der Waals surface area contributed by atoms with Crippen LogP contribution in [-0.2, 0) is 0 Å². The van der Waals surface area contributed by atoms with E-state index in [1.807, 2.05) is 0 Å². The van der Waals surface area contributed by atoms with E-state index in [1.165, 1.54) is 37.9 Å². The van der Waals surface area contributed by atoms with Crippen LogP contribution >= 0.6 is 0 Å². The molecule has 2 unspecified atom stereocenters. The quantitative estimate of drug-likeness (QED) is 0.777. The molecular weight excluding hydrogens is 242 g/mol. The summed E-state index contributed by atoms with van der Waals surface area (Å²) in [5, 5.41) is 12.1. The van der Waals surface area contributed by atoms with Crippen LogP contribution in [0.2, 0.25) is 0 Å². The highest BCUT2D eigenvalue weighted by Gasteiger charge is 2.19. The highest BCUT2D eigenvalue weighted by atomic mass is 16.4. The van der Waals surface area contributed by atoms with Gasteiger partial charge in [-0.2, -0.15) is 0 Å². The minimum absolute atomic E-state index is 0.120. The molecule has 0 saturated heterocycles. The molecule has 2 rings (SSSR count). The number of carboxylic acids is 1. The summed E-state index contributed by atoms with van der Waals surface area (Å²) in [6.07, 6.45) is 6.42. The van der Waals surface area contributed by atoms with E-state index < -0.39 is 5.97 Å². The predicted octanol–water partition coefficient (Wildman–Crippen LogP) is 2.60. The molecule has 1 heterocycles. The summed E-state index contributed by atoms with van der Waals surface area (Å²) in [5.41, 5.74) is 6.33. The average Bonchev–Trinajstić information content (AvgIpc) is 2.37. The number of nitrogen functional groups attached to an aromatic ring is 1. The van der Waals surface area contributed by atoms with Crippen molar-refractivity contribution in [3.05, 3.63) is 17.8 Å². The van der Waals surface area contributed by atoms with Crippen molar-refractivity contribution in [2.24, 2.45) is 11.8 Å². The smallest absolute Gasteiger partial charge is 0.337 e. The summed E-state index contributed by atoms with van der Waals surface area (Å²) >= 11 is 0. The van der Waals surface area contributed by atoms with E-state index >= 15 is 0 Å². The summed E-state index contributed by atoms with van der Waals surface area (Å²) in [6.45, 7) is 3.15. The Hall–Kier alpha value is -1.78. The number of rotatable bonds is 4. The van der Waals surface area contributed by atoms with Crippen molar-refractivity contribution in [1.29, 1.82) is 0 Å². The van der Waals surface area contributed by atoms with Gasteiger partial charge in [0.15, 0.2) is 0 Å². The maximum absolute atomic E-state index is 10.8. The maximum Gasteiger partial charge on any atom is 0.337 e. The van der Waals surface area contributed by atoms with Crippen molar-refractivity contribution in [2.45, 2.75) is 32.6 Å². The third-order valence-corrected chi connectivity index (χ3v) is 3.77. The van der Waals surface area contributed by atoms with Crippen molar-refractivity contribution >= 4 is 17.5 Å². The Kier molecular flexibility index (Phi) is 4.24. The fourth-order valence-electron chi connectivity index (χ4n) is 2.73. The Morgan fingerprint density at radius 1 is 1.58 bits per heavy atom. The van der Waals surface area contributed by atoms with Crippen molar-refractivity contribution in [3.8, 4) is 0 Å². The molecule has 0 spiro atoms. The topological polar surface area (TPSA) is 88.2 Å². The summed E-state index contributed by atoms with van der Waals surface area (Å²) in [6, 6.07) is 1.45. The minimum atomic E-state index is -1.01. The molecule has 5 heteroatoms. The number of hydrogen-bond acceptors (Lipinski definition) is 4. The molecule has 4 N–H and O–H groups in total. The van der Waals surface area contributed by atoms with Crippen LogP contribution in [0.15, 0.2) is 12.3 Å². The summed E-state index contributed by atoms with van der Waals surface area (Å²) < 4.78 is 0. The van der Waals surface area contributed by atoms with Gasteiger partial charge in [-0.3, -0.25) is 0 Å². The van der Waals surface area contributed by atoms with Crippen molar-refractivity contribution < 1.29 is 9.90 Å². The van der Waals surface area contributed by atoms with Gasteiger partial charge in [-0.15, -0.1) is 0 Å². The molecule has 1 aromatic heterocycles. The molecule has 19 heavy (non-hydrogen) atoms. The molecule has 0 aliphatic heterocycles. The first-order valence-electron chi connectivity index (χ1n) is 6.79. The minimum Gasteiger partial charge on any atom is -0.478 e. The number of pyridine rings is 1. The number of aromatic carboxylic acids is 1. The van der Waals surface area contributed by atoms with E-state index in [1.54, 1.807) is 0 Å². The Bertz CT molecular complexity index is 462. The molecule has 5 nitrogen and oxygen atoms in total. The van der Waals surface area contributed by atoms with E-state index in [-0.39, 0.29) is 5.56 Å².